The van der Waals surface area contributed by atoms with Gasteiger partial charge >= 0.3 is 0 Å². The van der Waals surface area contributed by atoms with Gasteiger partial charge in [0.15, 0.2) is 5.16 Å². The topological polar surface area (TPSA) is 71.5 Å². The first-order chi connectivity index (χ1) is 9.10. The van der Waals surface area contributed by atoms with E-state index in [1.165, 1.54) is 24.2 Å². The molecule has 0 spiro atoms. The first kappa shape index (κ1) is 14.0. The quantitative estimate of drug-likeness (QED) is 0.693. The number of H-pyrrole nitrogens is 1. The highest BCUT2D eigenvalue weighted by atomic mass is 35.5. The van der Waals surface area contributed by atoms with E-state index in [-0.39, 0.29) is 5.56 Å². The van der Waals surface area contributed by atoms with Crippen molar-refractivity contribution in [2.24, 2.45) is 0 Å². The lowest BCUT2D eigenvalue weighted by Crippen LogP contribution is -2.08. The monoisotopic (exact) mass is 296 g/mol. The maximum atomic E-state index is 11.4. The summed E-state index contributed by atoms with van der Waals surface area (Å²) in [5.74, 6) is 0. The van der Waals surface area contributed by atoms with Crippen LogP contribution in [0.5, 0.6) is 0 Å². The van der Waals surface area contributed by atoms with Gasteiger partial charge in [-0.1, -0.05) is 24.9 Å². The van der Waals surface area contributed by atoms with Crippen molar-refractivity contribution in [3.63, 3.8) is 0 Å². The number of hydrogen-bond donors (Lipinski definition) is 1. The van der Waals surface area contributed by atoms with Gasteiger partial charge in [-0.05, 0) is 25.1 Å². The Morgan fingerprint density at radius 1 is 1.42 bits per heavy atom. The lowest BCUT2D eigenvalue weighted by Gasteiger charge is -2.07. The molecule has 2 aromatic rings. The molecule has 0 fully saturated rings. The summed E-state index contributed by atoms with van der Waals surface area (Å²) in [4.78, 5) is 26.6. The van der Waals surface area contributed by atoms with Crippen LogP contribution < -0.4 is 5.56 Å². The van der Waals surface area contributed by atoms with E-state index in [1.807, 2.05) is 0 Å². The fourth-order valence-electron chi connectivity index (χ4n) is 1.62. The predicted molar refractivity (Wildman–Crippen MR) is 74.8 cm³/mol. The van der Waals surface area contributed by atoms with E-state index in [1.54, 1.807) is 6.92 Å². The van der Waals surface area contributed by atoms with Crippen molar-refractivity contribution in [1.82, 2.24) is 19.9 Å². The molecule has 19 heavy (non-hydrogen) atoms. The normalized spacial score (nSPS) is 10.7. The summed E-state index contributed by atoms with van der Waals surface area (Å²) in [6.45, 7) is 3.84. The molecule has 5 nitrogen and oxygen atoms in total. The van der Waals surface area contributed by atoms with E-state index in [0.29, 0.717) is 16.0 Å². The van der Waals surface area contributed by atoms with E-state index in [9.17, 15) is 4.79 Å². The Kier molecular flexibility index (Phi) is 4.55. The fraction of sp³-hybridized carbons (Fsp3) is 0.333. The summed E-state index contributed by atoms with van der Waals surface area (Å²) >= 11 is 7.37. The van der Waals surface area contributed by atoms with Gasteiger partial charge in [-0.15, -0.1) is 0 Å². The van der Waals surface area contributed by atoms with Crippen LogP contribution in [0.1, 0.15) is 24.6 Å². The molecule has 0 saturated heterocycles. The van der Waals surface area contributed by atoms with E-state index in [0.717, 1.165) is 23.4 Å². The Bertz CT molecular complexity index is 644. The molecule has 2 heterocycles. The molecule has 0 unspecified atom stereocenters. The SMILES string of the molecule is CCCc1c(Cl)ncnc1Sc1nc(C)cc(=O)[nH]1. The van der Waals surface area contributed by atoms with Crippen LogP contribution in [-0.2, 0) is 6.42 Å². The number of rotatable bonds is 4. The van der Waals surface area contributed by atoms with E-state index < -0.39 is 0 Å². The lowest BCUT2D eigenvalue weighted by molar-refractivity contribution is 0.848. The van der Waals surface area contributed by atoms with Crippen molar-refractivity contribution in [1.29, 1.82) is 0 Å². The zero-order valence-electron chi connectivity index (χ0n) is 10.6. The molecule has 0 aromatic carbocycles. The molecule has 7 heteroatoms. The second-order valence-corrected chi connectivity index (χ2v) is 5.33. The minimum atomic E-state index is -0.174. The third-order valence-corrected chi connectivity index (χ3v) is 3.65. The lowest BCUT2D eigenvalue weighted by atomic mass is 10.2. The Morgan fingerprint density at radius 3 is 2.89 bits per heavy atom. The van der Waals surface area contributed by atoms with Gasteiger partial charge < -0.3 is 4.98 Å². The smallest absolute Gasteiger partial charge is 0.251 e. The largest absolute Gasteiger partial charge is 0.301 e. The Morgan fingerprint density at radius 2 is 2.21 bits per heavy atom. The van der Waals surface area contributed by atoms with Crippen molar-refractivity contribution in [2.75, 3.05) is 0 Å². The summed E-state index contributed by atoms with van der Waals surface area (Å²) in [5.41, 5.74) is 1.39. The number of nitrogens with one attached hydrogen (secondary N) is 1. The average molecular weight is 297 g/mol. The highest BCUT2D eigenvalue weighted by Crippen LogP contribution is 2.29. The van der Waals surface area contributed by atoms with Crippen LogP contribution in [0.2, 0.25) is 5.15 Å². The molecule has 1 N–H and O–H groups in total. The third kappa shape index (κ3) is 3.54. The molecule has 0 aliphatic rings. The molecule has 0 radical (unpaired) electrons. The van der Waals surface area contributed by atoms with Crippen molar-refractivity contribution < 1.29 is 0 Å². The zero-order valence-corrected chi connectivity index (χ0v) is 12.2. The Hall–Kier alpha value is -1.40. The van der Waals surface area contributed by atoms with Gasteiger partial charge in [-0.2, -0.15) is 0 Å². The van der Waals surface area contributed by atoms with Gasteiger partial charge in [0.2, 0.25) is 0 Å². The highest BCUT2D eigenvalue weighted by molar-refractivity contribution is 7.99. The maximum absolute atomic E-state index is 11.4. The van der Waals surface area contributed by atoms with Gasteiger partial charge in [-0.3, -0.25) is 4.79 Å². The Labute approximate surface area is 119 Å². The van der Waals surface area contributed by atoms with Crippen LogP contribution in [0.4, 0.5) is 0 Å². The van der Waals surface area contributed by atoms with E-state index in [2.05, 4.69) is 26.9 Å². The molecule has 0 saturated carbocycles. The number of hydrogen-bond acceptors (Lipinski definition) is 5. The zero-order chi connectivity index (χ0) is 13.8. The second-order valence-electron chi connectivity index (χ2n) is 3.99. The number of aromatic nitrogens is 4. The molecular formula is C12H13ClN4OS. The highest BCUT2D eigenvalue weighted by Gasteiger charge is 2.12. The van der Waals surface area contributed by atoms with Crippen molar-refractivity contribution >= 4 is 23.4 Å². The van der Waals surface area contributed by atoms with Gasteiger partial charge in [0.1, 0.15) is 16.5 Å². The molecule has 0 aliphatic carbocycles. The summed E-state index contributed by atoms with van der Waals surface area (Å²) in [5, 5.41) is 1.70. The predicted octanol–water partition coefficient (Wildman–Crippen LogP) is 2.63. The molecule has 0 amide bonds. The van der Waals surface area contributed by atoms with Crippen LogP contribution in [0.25, 0.3) is 0 Å². The molecular weight excluding hydrogens is 284 g/mol. The summed E-state index contributed by atoms with van der Waals surface area (Å²) < 4.78 is 0. The fourth-order valence-corrected chi connectivity index (χ4v) is 2.85. The van der Waals surface area contributed by atoms with Crippen molar-refractivity contribution in [3.05, 3.63) is 39.2 Å². The second kappa shape index (κ2) is 6.16. The molecule has 2 rings (SSSR count). The van der Waals surface area contributed by atoms with Crippen LogP contribution in [0.15, 0.2) is 27.4 Å². The first-order valence-corrected chi connectivity index (χ1v) is 7.04. The number of nitrogens with zero attached hydrogens (tertiary/aromatic N) is 3. The number of halogens is 1. The summed E-state index contributed by atoms with van der Waals surface area (Å²) in [7, 11) is 0. The van der Waals surface area contributed by atoms with E-state index >= 15 is 0 Å². The molecule has 100 valence electrons. The van der Waals surface area contributed by atoms with Gasteiger partial charge in [0.05, 0.1) is 0 Å². The number of aromatic amines is 1. The summed E-state index contributed by atoms with van der Waals surface area (Å²) in [6, 6.07) is 1.45. The standard InChI is InChI=1S/C12H13ClN4OS/c1-3-4-8-10(13)14-6-15-11(8)19-12-16-7(2)5-9(18)17-12/h5-6H,3-4H2,1-2H3,(H,16,17,18). The van der Waals surface area contributed by atoms with Crippen LogP contribution in [0, 0.1) is 6.92 Å². The van der Waals surface area contributed by atoms with Crippen LogP contribution in [0.3, 0.4) is 0 Å². The average Bonchev–Trinajstić information content (AvgIpc) is 2.32. The molecule has 0 aliphatic heterocycles. The first-order valence-electron chi connectivity index (χ1n) is 5.85. The molecule has 2 aromatic heterocycles. The van der Waals surface area contributed by atoms with Crippen molar-refractivity contribution in [2.45, 2.75) is 36.9 Å². The van der Waals surface area contributed by atoms with Gasteiger partial charge in [-0.25, -0.2) is 15.0 Å². The van der Waals surface area contributed by atoms with Crippen molar-refractivity contribution in [3.8, 4) is 0 Å². The Balaban J connectivity index is 2.37. The minimum Gasteiger partial charge on any atom is -0.301 e. The van der Waals surface area contributed by atoms with Crippen LogP contribution >= 0.6 is 23.4 Å². The van der Waals surface area contributed by atoms with Crippen LogP contribution in [-0.4, -0.2) is 19.9 Å². The minimum absolute atomic E-state index is 0.174. The van der Waals surface area contributed by atoms with E-state index in [4.69, 9.17) is 11.6 Å². The summed E-state index contributed by atoms with van der Waals surface area (Å²) in [6.07, 6.45) is 3.15. The van der Waals surface area contributed by atoms with Gasteiger partial charge in [0.25, 0.3) is 5.56 Å². The van der Waals surface area contributed by atoms with Gasteiger partial charge in [0, 0.05) is 17.3 Å². The third-order valence-electron chi connectivity index (χ3n) is 2.39. The molecule has 0 atom stereocenters. The molecule has 0 bridgehead atoms. The number of aryl methyl sites for hydroxylation is 1. The maximum Gasteiger partial charge on any atom is 0.251 e.